The number of hydrogen-bond acceptors (Lipinski definition) is 1. The van der Waals surface area contributed by atoms with Crippen LogP contribution < -0.4 is 24.8 Å². The van der Waals surface area contributed by atoms with Crippen LogP contribution in [0.2, 0.25) is 0 Å². The number of hydrogen-bond donors (Lipinski definition) is 0. The topological polar surface area (TPSA) is 13.1 Å². The fourth-order valence-electron chi connectivity index (χ4n) is 4.39. The molecule has 0 atom stereocenters. The first kappa shape index (κ1) is 30.5. The molecule has 1 aromatic heterocycles. The van der Waals surface area contributed by atoms with Gasteiger partial charge in [-0.2, -0.15) is 47.6 Å². The van der Waals surface area contributed by atoms with Gasteiger partial charge in [0.05, 0.1) is 6.26 Å². The summed E-state index contributed by atoms with van der Waals surface area (Å²) in [6.07, 6.45) is 12.7. The smallest absolute Gasteiger partial charge is 0.0253 e. The van der Waals surface area contributed by atoms with Gasteiger partial charge in [0.2, 0.25) is 0 Å². The van der Waals surface area contributed by atoms with Crippen molar-refractivity contribution in [3.05, 3.63) is 174 Å². The second kappa shape index (κ2) is 15.5. The van der Waals surface area contributed by atoms with Crippen LogP contribution in [-0.2, 0) is 30.7 Å². The van der Waals surface area contributed by atoms with Gasteiger partial charge in [-0.05, 0) is 6.42 Å². The molecule has 0 saturated carbocycles. The van der Waals surface area contributed by atoms with Crippen LogP contribution in [0.5, 0.6) is 0 Å². The molecule has 0 N–H and O–H groups in total. The maximum Gasteiger partial charge on any atom is -0.0253 e. The van der Waals surface area contributed by atoms with E-state index in [0.29, 0.717) is 0 Å². The van der Waals surface area contributed by atoms with E-state index < -0.39 is 0 Å². The summed E-state index contributed by atoms with van der Waals surface area (Å²) >= 11 is 1.46. The predicted octanol–water partition coefficient (Wildman–Crippen LogP) is 2.29. The number of allylic oxidation sites excluding steroid dienone is 4. The third kappa shape index (κ3) is 7.99. The molecule has 2 aliphatic rings. The molecule has 5 aromatic rings. The van der Waals surface area contributed by atoms with Gasteiger partial charge >= 0.3 is 99.2 Å². The van der Waals surface area contributed by atoms with Crippen molar-refractivity contribution in [3.63, 3.8) is 0 Å². The monoisotopic (exact) mass is 622 g/mol. The summed E-state index contributed by atoms with van der Waals surface area (Å²) in [5, 5.41) is 0. The molecule has 0 saturated heterocycles. The average Bonchev–Trinajstić information content (AvgIpc) is 3.75. The molecule has 0 bridgehead atoms. The van der Waals surface area contributed by atoms with E-state index in [1.165, 1.54) is 60.8 Å². The van der Waals surface area contributed by atoms with Gasteiger partial charge in [-0.1, -0.05) is 53.4 Å². The standard InChI is InChI=1S/C13H9.C13H10.C9H7O.2ClH.Zr/c1-3-7-12-10(5-1)9-11-6-2-4-8-13(11)12;1-3-7-12(8-4-1)11-13-9-5-2-6-10-13;1-2-4-8(3-1)9-5-6-10-7-9;;;/h1-5,7-8H,9H2;1-10H;1,3,5-7H,2H2;2*1H;/q-1;;-1;;;+2/p-2. The molecule has 7 rings (SSSR count). The van der Waals surface area contributed by atoms with Crippen molar-refractivity contribution in [2.75, 3.05) is 0 Å². The first-order valence-electron chi connectivity index (χ1n) is 12.4. The van der Waals surface area contributed by atoms with Gasteiger partial charge in [-0.15, -0.1) is 11.6 Å². The first-order chi connectivity index (χ1) is 18.3. The average molecular weight is 625 g/mol. The molecular weight excluding hydrogens is 599 g/mol. The van der Waals surface area contributed by atoms with Gasteiger partial charge in [0.15, 0.2) is 0 Å². The minimum atomic E-state index is 0. The molecule has 192 valence electrons. The van der Waals surface area contributed by atoms with E-state index in [9.17, 15) is 0 Å². The number of furan rings is 1. The maximum absolute atomic E-state index is 4.93. The molecule has 0 unspecified atom stereocenters. The zero-order valence-electron chi connectivity index (χ0n) is 21.3. The second-order valence-corrected chi connectivity index (χ2v) is 9.94. The zero-order chi connectivity index (χ0) is 25.3. The normalized spacial score (nSPS) is 11.7. The molecule has 0 spiro atoms. The molecule has 2 aliphatic carbocycles. The van der Waals surface area contributed by atoms with Gasteiger partial charge in [0, 0.05) is 6.26 Å². The van der Waals surface area contributed by atoms with Gasteiger partial charge < -0.3 is 29.2 Å². The van der Waals surface area contributed by atoms with E-state index in [0.717, 1.165) is 24.0 Å². The van der Waals surface area contributed by atoms with Crippen LogP contribution in [0.3, 0.4) is 0 Å². The van der Waals surface area contributed by atoms with Crippen LogP contribution in [0.15, 0.2) is 138 Å². The van der Waals surface area contributed by atoms with Crippen LogP contribution in [0.25, 0.3) is 16.7 Å². The number of fused-ring (bicyclic) bond motifs is 3. The van der Waals surface area contributed by atoms with Crippen LogP contribution in [0.4, 0.5) is 0 Å². The number of benzene rings is 4. The molecule has 0 radical (unpaired) electrons. The van der Waals surface area contributed by atoms with E-state index in [1.807, 2.05) is 12.1 Å². The molecule has 0 amide bonds. The van der Waals surface area contributed by atoms with Crippen LogP contribution in [0.1, 0.15) is 34.2 Å². The Balaban J connectivity index is 0.000000160. The maximum atomic E-state index is 4.93. The summed E-state index contributed by atoms with van der Waals surface area (Å²) in [4.78, 5) is 0. The van der Waals surface area contributed by atoms with Crippen LogP contribution in [-0.4, -0.2) is 3.21 Å². The van der Waals surface area contributed by atoms with Gasteiger partial charge in [-0.25, -0.2) is 0 Å². The Labute approximate surface area is 258 Å². The largest absolute Gasteiger partial charge is 0.179 e. The third-order valence-corrected chi connectivity index (χ3v) is 7.69. The fourth-order valence-corrected chi connectivity index (χ4v) is 5.21. The van der Waals surface area contributed by atoms with E-state index >= 15 is 0 Å². The minimum absolute atomic E-state index is 0. The Morgan fingerprint density at radius 3 is 1.97 bits per heavy atom. The van der Waals surface area contributed by atoms with Gasteiger partial charge in [-0.3, -0.25) is 0 Å². The Morgan fingerprint density at radius 2 is 1.36 bits per heavy atom. The minimum Gasteiger partial charge on any atom is -0.179 e. The Bertz CT molecular complexity index is 1440. The van der Waals surface area contributed by atoms with E-state index in [2.05, 4.69) is 121 Å². The van der Waals surface area contributed by atoms with Crippen molar-refractivity contribution in [2.45, 2.75) is 12.8 Å². The third-order valence-electron chi connectivity index (χ3n) is 6.27. The number of rotatable bonds is 3. The summed E-state index contributed by atoms with van der Waals surface area (Å²) in [7, 11) is 0. The Morgan fingerprint density at radius 1 is 0.718 bits per heavy atom. The summed E-state index contributed by atoms with van der Waals surface area (Å²) in [6, 6.07) is 41.2. The van der Waals surface area contributed by atoms with Crippen molar-refractivity contribution in [2.24, 2.45) is 0 Å². The Hall–Kier alpha value is -3.03. The van der Waals surface area contributed by atoms with Crippen molar-refractivity contribution < 1.29 is 53.5 Å². The molecule has 0 fully saturated rings. The second-order valence-electron chi connectivity index (χ2n) is 8.71. The van der Waals surface area contributed by atoms with E-state index in [1.54, 1.807) is 12.5 Å². The van der Waals surface area contributed by atoms with E-state index in [4.69, 9.17) is 4.42 Å². The Kier molecular flexibility index (Phi) is 12.2. The predicted molar refractivity (Wildman–Crippen MR) is 149 cm³/mol. The summed E-state index contributed by atoms with van der Waals surface area (Å²) in [6.45, 7) is 0. The molecule has 4 heteroatoms. The molecule has 1 nitrogen and oxygen atoms in total. The quantitative estimate of drug-likeness (QED) is 0.276. The number of halogens is 2. The molecule has 4 aromatic carbocycles. The molecule has 1 heterocycles. The van der Waals surface area contributed by atoms with Crippen molar-refractivity contribution >= 4 is 8.78 Å². The zero-order valence-corrected chi connectivity index (χ0v) is 25.2. The van der Waals surface area contributed by atoms with E-state index in [-0.39, 0.29) is 24.8 Å². The summed E-state index contributed by atoms with van der Waals surface area (Å²) < 4.78 is 6.35. The van der Waals surface area contributed by atoms with Crippen molar-refractivity contribution in [1.29, 1.82) is 0 Å². The molecule has 0 aliphatic heterocycles. The SMILES string of the molecule is [C-]1=C(c2ccoc2)C=CC1.[Cl-].[Cl-].[Zr+2]=[C](c1ccccc1)c1ccccc1.[c-]1cccc2c1Cc1ccccc1-2. The van der Waals surface area contributed by atoms with Crippen LogP contribution in [0, 0.1) is 12.1 Å². The fraction of sp³-hybridized carbons (Fsp3) is 0.0571. The van der Waals surface area contributed by atoms with Gasteiger partial charge in [0.1, 0.15) is 0 Å². The summed E-state index contributed by atoms with van der Waals surface area (Å²) in [5.41, 5.74) is 10.4. The summed E-state index contributed by atoms with van der Waals surface area (Å²) in [5.74, 6) is 0. The van der Waals surface area contributed by atoms with Gasteiger partial charge in [0.25, 0.3) is 0 Å². The van der Waals surface area contributed by atoms with Crippen LogP contribution >= 0.6 is 0 Å². The van der Waals surface area contributed by atoms with Crippen molar-refractivity contribution in [3.8, 4) is 11.1 Å². The molecular formula is C35H26Cl2OZr-2. The first-order valence-corrected chi connectivity index (χ1v) is 13.6. The molecule has 39 heavy (non-hydrogen) atoms. The van der Waals surface area contributed by atoms with Crippen molar-refractivity contribution in [1.82, 2.24) is 0 Å².